The van der Waals surface area contributed by atoms with Crippen LogP contribution in [0.5, 0.6) is 0 Å². The van der Waals surface area contributed by atoms with Crippen LogP contribution in [-0.2, 0) is 14.3 Å². The van der Waals surface area contributed by atoms with Crippen molar-refractivity contribution in [1.82, 2.24) is 0 Å². The molecular formula is C7H12O3. The summed E-state index contributed by atoms with van der Waals surface area (Å²) in [6.45, 7) is 5.40. The average Bonchev–Trinajstić information content (AvgIpc) is 1.82. The van der Waals surface area contributed by atoms with E-state index in [1.807, 2.05) is 6.92 Å². The molecule has 3 atom stereocenters. The Labute approximate surface area is 60.3 Å². The maximum absolute atomic E-state index is 10.9. The van der Waals surface area contributed by atoms with Gasteiger partial charge in [-0.2, -0.15) is 0 Å². The van der Waals surface area contributed by atoms with Crippen LogP contribution in [0.2, 0.25) is 0 Å². The minimum atomic E-state index is -0.376. The number of rotatable bonds is 0. The molecule has 0 amide bonds. The van der Waals surface area contributed by atoms with Gasteiger partial charge < -0.3 is 9.47 Å². The third-order valence-electron chi connectivity index (χ3n) is 1.76. The molecule has 1 fully saturated rings. The Hall–Kier alpha value is -0.570. The number of carbonyl (C=O) groups excluding carboxylic acids is 1. The van der Waals surface area contributed by atoms with Gasteiger partial charge in [0.25, 0.3) is 0 Å². The molecule has 0 aromatic heterocycles. The predicted molar refractivity (Wildman–Crippen MR) is 35.3 cm³/mol. The zero-order valence-corrected chi connectivity index (χ0v) is 6.46. The Kier molecular flexibility index (Phi) is 1.94. The summed E-state index contributed by atoms with van der Waals surface area (Å²) in [5.74, 6) is -0.289. The summed E-state index contributed by atoms with van der Waals surface area (Å²) in [5, 5.41) is 0. The highest BCUT2D eigenvalue weighted by atomic mass is 16.7. The molecule has 1 aliphatic rings. The van der Waals surface area contributed by atoms with Crippen molar-refractivity contribution in [1.29, 1.82) is 0 Å². The van der Waals surface area contributed by atoms with Crippen LogP contribution >= 0.6 is 0 Å². The third-order valence-corrected chi connectivity index (χ3v) is 1.76. The molecule has 0 N–H and O–H groups in total. The van der Waals surface area contributed by atoms with Crippen molar-refractivity contribution in [2.75, 3.05) is 0 Å². The van der Waals surface area contributed by atoms with Gasteiger partial charge in [-0.3, -0.25) is 4.79 Å². The van der Waals surface area contributed by atoms with Crippen molar-refractivity contribution in [2.24, 2.45) is 5.92 Å². The van der Waals surface area contributed by atoms with E-state index in [4.69, 9.17) is 9.47 Å². The van der Waals surface area contributed by atoms with E-state index in [9.17, 15) is 4.79 Å². The van der Waals surface area contributed by atoms with Gasteiger partial charge in [-0.15, -0.1) is 0 Å². The topological polar surface area (TPSA) is 35.5 Å². The molecule has 0 saturated carbocycles. The molecular weight excluding hydrogens is 132 g/mol. The number of esters is 1. The molecule has 0 radical (unpaired) electrons. The number of carbonyl (C=O) groups is 1. The van der Waals surface area contributed by atoms with E-state index in [1.54, 1.807) is 13.8 Å². The minimum Gasteiger partial charge on any atom is -0.436 e. The maximum atomic E-state index is 10.9. The van der Waals surface area contributed by atoms with Gasteiger partial charge in [0.15, 0.2) is 6.29 Å². The first-order chi connectivity index (χ1) is 4.61. The Bertz CT molecular complexity index is 144. The van der Waals surface area contributed by atoms with E-state index < -0.39 is 0 Å². The second-order valence-electron chi connectivity index (χ2n) is 2.63. The zero-order valence-electron chi connectivity index (χ0n) is 6.46. The monoisotopic (exact) mass is 144 g/mol. The lowest BCUT2D eigenvalue weighted by atomic mass is 10.1. The van der Waals surface area contributed by atoms with Gasteiger partial charge in [0.1, 0.15) is 0 Å². The summed E-state index contributed by atoms with van der Waals surface area (Å²) in [6, 6.07) is 0. The van der Waals surface area contributed by atoms with Gasteiger partial charge in [-0.05, 0) is 20.8 Å². The fourth-order valence-electron chi connectivity index (χ4n) is 0.910. The molecule has 10 heavy (non-hydrogen) atoms. The Morgan fingerprint density at radius 3 is 2.40 bits per heavy atom. The normalized spacial score (nSPS) is 41.1. The summed E-state index contributed by atoms with van der Waals surface area (Å²) >= 11 is 0. The quantitative estimate of drug-likeness (QED) is 0.474. The second kappa shape index (κ2) is 2.58. The fourth-order valence-corrected chi connectivity index (χ4v) is 0.910. The largest absolute Gasteiger partial charge is 0.436 e. The van der Waals surface area contributed by atoms with E-state index in [0.717, 1.165) is 0 Å². The molecule has 0 unspecified atom stereocenters. The maximum Gasteiger partial charge on any atom is 0.313 e. The SMILES string of the molecule is C[C@H]1OC(=O)[C@H](C)[C@@H](C)O1. The molecule has 58 valence electrons. The van der Waals surface area contributed by atoms with Crippen molar-refractivity contribution >= 4 is 5.97 Å². The van der Waals surface area contributed by atoms with Gasteiger partial charge in [0.2, 0.25) is 0 Å². The summed E-state index contributed by atoms with van der Waals surface area (Å²) < 4.78 is 10.0. The molecule has 0 aliphatic carbocycles. The van der Waals surface area contributed by atoms with Crippen LogP contribution in [0, 0.1) is 5.92 Å². The highest BCUT2D eigenvalue weighted by Crippen LogP contribution is 2.18. The number of cyclic esters (lactones) is 1. The highest BCUT2D eigenvalue weighted by Gasteiger charge is 2.30. The van der Waals surface area contributed by atoms with Crippen molar-refractivity contribution in [3.8, 4) is 0 Å². The Morgan fingerprint density at radius 2 is 1.90 bits per heavy atom. The smallest absolute Gasteiger partial charge is 0.313 e. The van der Waals surface area contributed by atoms with E-state index in [-0.39, 0.29) is 24.3 Å². The molecule has 0 spiro atoms. The van der Waals surface area contributed by atoms with Crippen LogP contribution in [0.4, 0.5) is 0 Å². The number of hydrogen-bond donors (Lipinski definition) is 0. The molecule has 1 heterocycles. The van der Waals surface area contributed by atoms with Crippen LogP contribution in [-0.4, -0.2) is 18.4 Å². The van der Waals surface area contributed by atoms with Crippen LogP contribution < -0.4 is 0 Å². The van der Waals surface area contributed by atoms with E-state index in [1.165, 1.54) is 0 Å². The number of ether oxygens (including phenoxy) is 2. The molecule has 1 rings (SSSR count). The summed E-state index contributed by atoms with van der Waals surface area (Å²) in [4.78, 5) is 10.9. The van der Waals surface area contributed by atoms with Crippen LogP contribution in [0.1, 0.15) is 20.8 Å². The van der Waals surface area contributed by atoms with Gasteiger partial charge in [0, 0.05) is 0 Å². The van der Waals surface area contributed by atoms with Crippen LogP contribution in [0.3, 0.4) is 0 Å². The van der Waals surface area contributed by atoms with Gasteiger partial charge in [0.05, 0.1) is 12.0 Å². The lowest BCUT2D eigenvalue weighted by Crippen LogP contribution is -2.39. The van der Waals surface area contributed by atoms with Crippen molar-refractivity contribution in [2.45, 2.75) is 33.2 Å². The third kappa shape index (κ3) is 1.29. The van der Waals surface area contributed by atoms with E-state index in [2.05, 4.69) is 0 Å². The highest BCUT2D eigenvalue weighted by molar-refractivity contribution is 5.73. The van der Waals surface area contributed by atoms with Crippen LogP contribution in [0.25, 0.3) is 0 Å². The lowest BCUT2D eigenvalue weighted by Gasteiger charge is -2.29. The van der Waals surface area contributed by atoms with Crippen molar-refractivity contribution in [3.05, 3.63) is 0 Å². The first-order valence-corrected chi connectivity index (χ1v) is 3.47. The van der Waals surface area contributed by atoms with E-state index in [0.29, 0.717) is 0 Å². The van der Waals surface area contributed by atoms with Gasteiger partial charge in [-0.25, -0.2) is 0 Å². The molecule has 1 aliphatic heterocycles. The standard InChI is InChI=1S/C7H12O3/c1-4-5(2)9-6(3)10-7(4)8/h4-6H,1-3H3/t4-,5-,6-/m1/s1. The first kappa shape index (κ1) is 7.54. The molecule has 0 aromatic carbocycles. The van der Waals surface area contributed by atoms with E-state index >= 15 is 0 Å². The first-order valence-electron chi connectivity index (χ1n) is 3.47. The van der Waals surface area contributed by atoms with Crippen LogP contribution in [0.15, 0.2) is 0 Å². The predicted octanol–water partition coefficient (Wildman–Crippen LogP) is 0.930. The summed E-state index contributed by atoms with van der Waals surface area (Å²) in [7, 11) is 0. The zero-order chi connectivity index (χ0) is 7.72. The summed E-state index contributed by atoms with van der Waals surface area (Å²) in [6.07, 6.45) is -0.394. The second-order valence-corrected chi connectivity index (χ2v) is 2.63. The summed E-state index contributed by atoms with van der Waals surface area (Å²) in [5.41, 5.74) is 0. The molecule has 3 heteroatoms. The van der Waals surface area contributed by atoms with Crippen molar-refractivity contribution < 1.29 is 14.3 Å². The molecule has 3 nitrogen and oxygen atoms in total. The van der Waals surface area contributed by atoms with Crippen molar-refractivity contribution in [3.63, 3.8) is 0 Å². The number of hydrogen-bond acceptors (Lipinski definition) is 3. The van der Waals surface area contributed by atoms with Gasteiger partial charge >= 0.3 is 5.97 Å². The molecule has 0 bridgehead atoms. The Morgan fingerprint density at radius 1 is 1.30 bits per heavy atom. The molecule has 0 aromatic rings. The fraction of sp³-hybridized carbons (Fsp3) is 0.857. The lowest BCUT2D eigenvalue weighted by molar-refractivity contribution is -0.219. The molecule has 1 saturated heterocycles. The minimum absolute atomic E-state index is 0.0174. The average molecular weight is 144 g/mol. The van der Waals surface area contributed by atoms with Gasteiger partial charge in [-0.1, -0.05) is 0 Å². The Balaban J connectivity index is 2.57.